The van der Waals surface area contributed by atoms with Crippen molar-refractivity contribution in [1.29, 1.82) is 0 Å². The van der Waals surface area contributed by atoms with E-state index in [1.807, 2.05) is 12.2 Å². The summed E-state index contributed by atoms with van der Waals surface area (Å²) in [5.41, 5.74) is 2.98. The molecule has 0 atom stereocenters. The van der Waals surface area contributed by atoms with E-state index in [0.29, 0.717) is 0 Å². The van der Waals surface area contributed by atoms with E-state index in [2.05, 4.69) is 12.2 Å². The maximum atomic E-state index is 3.22. The molecule has 0 aromatic carbocycles. The van der Waals surface area contributed by atoms with Crippen LogP contribution in [0.1, 0.15) is 19.3 Å². The highest BCUT2D eigenvalue weighted by Crippen LogP contribution is 2.33. The lowest BCUT2D eigenvalue weighted by Gasteiger charge is -1.96. The van der Waals surface area contributed by atoms with E-state index in [1.165, 1.54) is 18.4 Å². The highest BCUT2D eigenvalue weighted by Gasteiger charge is 2.15. The Morgan fingerprint density at radius 2 is 2.11 bits per heavy atom. The summed E-state index contributed by atoms with van der Waals surface area (Å²) >= 11 is 0. The van der Waals surface area contributed by atoms with Gasteiger partial charge in [0.15, 0.2) is 0 Å². The second kappa shape index (κ2) is 1.87. The molecule has 0 heterocycles. The average molecular weight is 116 g/mol. The zero-order valence-corrected chi connectivity index (χ0v) is 5.28. The van der Waals surface area contributed by atoms with Crippen LogP contribution in [0.5, 0.6) is 0 Å². The third-order valence-electron chi connectivity index (χ3n) is 1.66. The monoisotopic (exact) mass is 116 g/mol. The van der Waals surface area contributed by atoms with Crippen LogP contribution in [0.3, 0.4) is 0 Å². The fourth-order valence-corrected chi connectivity index (χ4v) is 1.00. The molecule has 0 saturated heterocycles. The summed E-state index contributed by atoms with van der Waals surface area (Å²) in [4.78, 5) is 0. The molecule has 2 aliphatic rings. The number of hydrogen-bond donors (Lipinski definition) is 0. The fourth-order valence-electron chi connectivity index (χ4n) is 1.00. The predicted molar refractivity (Wildman–Crippen MR) is 36.5 cm³/mol. The molecule has 2 rings (SSSR count). The molecule has 1 saturated carbocycles. The third kappa shape index (κ3) is 0.973. The van der Waals surface area contributed by atoms with Gasteiger partial charge in [0, 0.05) is 0 Å². The molecular weight excluding hydrogens is 108 g/mol. The van der Waals surface area contributed by atoms with Crippen LogP contribution < -0.4 is 0 Å². The van der Waals surface area contributed by atoms with Gasteiger partial charge in [0.2, 0.25) is 0 Å². The summed E-state index contributed by atoms with van der Waals surface area (Å²) in [7, 11) is 0. The van der Waals surface area contributed by atoms with Gasteiger partial charge in [0.05, 0.1) is 0 Å². The summed E-state index contributed by atoms with van der Waals surface area (Å²) in [6.07, 6.45) is 13.9. The Hall–Kier alpha value is -0.780. The smallest absolute Gasteiger partial charge is 0.00172 e. The van der Waals surface area contributed by atoms with Crippen LogP contribution >= 0.6 is 0 Å². The molecule has 0 heteroatoms. The van der Waals surface area contributed by atoms with Gasteiger partial charge in [0.25, 0.3) is 0 Å². The van der Waals surface area contributed by atoms with Crippen LogP contribution in [0.25, 0.3) is 0 Å². The van der Waals surface area contributed by atoms with E-state index in [-0.39, 0.29) is 0 Å². The Bertz CT molecular complexity index is 198. The Kier molecular flexibility index (Phi) is 1.05. The molecule has 9 heavy (non-hydrogen) atoms. The molecule has 0 spiro atoms. The summed E-state index contributed by atoms with van der Waals surface area (Å²) < 4.78 is 0. The molecule has 0 unspecified atom stereocenters. The second-order valence-corrected chi connectivity index (χ2v) is 2.44. The maximum Gasteiger partial charge on any atom is -0.00172 e. The van der Waals surface area contributed by atoms with Crippen molar-refractivity contribution in [3.63, 3.8) is 0 Å². The number of rotatable bonds is 0. The van der Waals surface area contributed by atoms with E-state index in [9.17, 15) is 0 Å². The van der Waals surface area contributed by atoms with E-state index in [0.717, 1.165) is 6.42 Å². The molecule has 2 aliphatic carbocycles. The van der Waals surface area contributed by atoms with Crippen LogP contribution in [0.2, 0.25) is 0 Å². The number of hydrogen-bond acceptors (Lipinski definition) is 0. The van der Waals surface area contributed by atoms with Crippen molar-refractivity contribution in [2.24, 2.45) is 0 Å². The van der Waals surface area contributed by atoms with Crippen molar-refractivity contribution < 1.29 is 0 Å². The maximum absolute atomic E-state index is 3.22. The van der Waals surface area contributed by atoms with Gasteiger partial charge in [0.1, 0.15) is 0 Å². The van der Waals surface area contributed by atoms with E-state index < -0.39 is 0 Å². The van der Waals surface area contributed by atoms with Gasteiger partial charge in [-0.15, -0.1) is 0 Å². The minimum Gasteiger partial charge on any atom is -0.0654 e. The number of allylic oxidation sites excluding steroid dienone is 6. The van der Waals surface area contributed by atoms with Crippen LogP contribution in [-0.4, -0.2) is 0 Å². The highest BCUT2D eigenvalue weighted by atomic mass is 14.2. The Morgan fingerprint density at radius 1 is 1.22 bits per heavy atom. The van der Waals surface area contributed by atoms with Crippen molar-refractivity contribution in [3.05, 3.63) is 35.5 Å². The molecule has 1 fully saturated rings. The Labute approximate surface area is 55.6 Å². The lowest BCUT2D eigenvalue weighted by molar-refractivity contribution is 1.19. The molecule has 0 N–H and O–H groups in total. The first-order valence-corrected chi connectivity index (χ1v) is 3.32. The first-order valence-electron chi connectivity index (χ1n) is 3.32. The minimum absolute atomic E-state index is 0.992. The van der Waals surface area contributed by atoms with Crippen LogP contribution in [0, 0.1) is 12.2 Å². The standard InChI is InChI=1S/C9H8/c1-2-4-8(5-3-1)9-6-7-9/h1-2H,5-7H2. The zero-order chi connectivity index (χ0) is 6.10. The van der Waals surface area contributed by atoms with Crippen molar-refractivity contribution in [1.82, 2.24) is 0 Å². The van der Waals surface area contributed by atoms with Gasteiger partial charge in [-0.1, -0.05) is 17.7 Å². The first kappa shape index (κ1) is 5.04. The van der Waals surface area contributed by atoms with Crippen molar-refractivity contribution in [3.8, 4) is 0 Å². The van der Waals surface area contributed by atoms with Gasteiger partial charge in [-0.2, -0.15) is 0 Å². The zero-order valence-electron chi connectivity index (χ0n) is 5.28. The predicted octanol–water partition coefficient (Wildman–Crippen LogP) is 2.20. The van der Waals surface area contributed by atoms with Crippen LogP contribution in [-0.2, 0) is 0 Å². The topological polar surface area (TPSA) is 0 Å². The molecule has 0 nitrogen and oxygen atoms in total. The Balaban J connectivity index is 2.24. The Morgan fingerprint density at radius 3 is 2.67 bits per heavy atom. The summed E-state index contributed by atoms with van der Waals surface area (Å²) in [6.45, 7) is 0. The van der Waals surface area contributed by atoms with E-state index in [4.69, 9.17) is 0 Å². The highest BCUT2D eigenvalue weighted by molar-refractivity contribution is 5.33. The van der Waals surface area contributed by atoms with Crippen LogP contribution in [0.4, 0.5) is 0 Å². The second-order valence-electron chi connectivity index (χ2n) is 2.44. The van der Waals surface area contributed by atoms with Gasteiger partial charge >= 0.3 is 0 Å². The normalized spacial score (nSPS) is 23.1. The first-order chi connectivity index (χ1) is 4.47. The van der Waals surface area contributed by atoms with E-state index in [1.54, 1.807) is 5.57 Å². The molecule has 0 aromatic heterocycles. The lowest BCUT2D eigenvalue weighted by atomic mass is 10.1. The van der Waals surface area contributed by atoms with Crippen molar-refractivity contribution in [2.75, 3.05) is 0 Å². The fraction of sp³-hybridized carbons (Fsp3) is 0.333. The average Bonchev–Trinajstić information content (AvgIpc) is 2.71. The molecule has 0 bridgehead atoms. The lowest BCUT2D eigenvalue weighted by Crippen LogP contribution is -1.80. The minimum atomic E-state index is 0.992. The molecule has 0 aliphatic heterocycles. The largest absolute Gasteiger partial charge is 0.0654 e. The summed E-state index contributed by atoms with van der Waals surface area (Å²) in [6, 6.07) is 0. The molecule has 2 radical (unpaired) electrons. The quantitative estimate of drug-likeness (QED) is 0.455. The molecular formula is C9H8. The van der Waals surface area contributed by atoms with Gasteiger partial charge in [-0.3, -0.25) is 0 Å². The SMILES string of the molecule is [C]1=CC=[C]C(=C2CC2)C1. The third-order valence-corrected chi connectivity index (χ3v) is 1.66. The van der Waals surface area contributed by atoms with Crippen molar-refractivity contribution in [2.45, 2.75) is 19.3 Å². The van der Waals surface area contributed by atoms with Crippen molar-refractivity contribution >= 4 is 0 Å². The van der Waals surface area contributed by atoms with Gasteiger partial charge in [-0.05, 0) is 37.0 Å². The van der Waals surface area contributed by atoms with Crippen LogP contribution in [0.15, 0.2) is 23.3 Å². The molecule has 0 amide bonds. The van der Waals surface area contributed by atoms with Gasteiger partial charge < -0.3 is 0 Å². The molecule has 0 aromatic rings. The summed E-state index contributed by atoms with van der Waals surface area (Å²) in [5, 5.41) is 0. The summed E-state index contributed by atoms with van der Waals surface area (Å²) in [5.74, 6) is 0. The molecule has 44 valence electrons. The van der Waals surface area contributed by atoms with Gasteiger partial charge in [-0.25, -0.2) is 0 Å². The van der Waals surface area contributed by atoms with E-state index >= 15 is 0 Å².